The van der Waals surface area contributed by atoms with Gasteiger partial charge in [-0.25, -0.2) is 0 Å². The van der Waals surface area contributed by atoms with Gasteiger partial charge in [0.15, 0.2) is 0 Å². The van der Waals surface area contributed by atoms with Gasteiger partial charge < -0.3 is 10.1 Å². The number of nitrogens with one attached hydrogen (secondary N) is 1. The van der Waals surface area contributed by atoms with Gasteiger partial charge in [-0.05, 0) is 18.2 Å². The van der Waals surface area contributed by atoms with Crippen molar-refractivity contribution in [2.45, 2.75) is 13.3 Å². The normalized spacial score (nSPS) is 9.12. The summed E-state index contributed by atoms with van der Waals surface area (Å²) >= 11 is 3.37. The van der Waals surface area contributed by atoms with Crippen molar-refractivity contribution in [1.82, 2.24) is 5.32 Å². The lowest BCUT2D eigenvalue weighted by Gasteiger charge is -2.03. The molecule has 0 saturated heterocycles. The van der Waals surface area contributed by atoms with Crippen LogP contribution in [-0.4, -0.2) is 19.6 Å². The quantitative estimate of drug-likeness (QED) is 0.687. The molecule has 0 unspecified atom stereocenters. The Bertz CT molecular complexity index is 460. The average Bonchev–Trinajstić information content (AvgIpc) is 2.29. The highest BCUT2D eigenvalue weighted by Gasteiger charge is 1.99. The van der Waals surface area contributed by atoms with Crippen molar-refractivity contribution < 1.29 is 9.53 Å². The highest BCUT2D eigenvalue weighted by Crippen LogP contribution is 2.22. The van der Waals surface area contributed by atoms with Crippen molar-refractivity contribution in [1.29, 1.82) is 0 Å². The van der Waals surface area contributed by atoms with Crippen molar-refractivity contribution in [3.05, 3.63) is 28.2 Å². The van der Waals surface area contributed by atoms with Crippen LogP contribution in [0.25, 0.3) is 0 Å². The van der Waals surface area contributed by atoms with Gasteiger partial charge in [-0.3, -0.25) is 4.79 Å². The number of amides is 1. The highest BCUT2D eigenvalue weighted by atomic mass is 79.9. The summed E-state index contributed by atoms with van der Waals surface area (Å²) in [4.78, 5) is 10.6. The number of ether oxygens (including phenoxy) is 1. The van der Waals surface area contributed by atoms with Crippen molar-refractivity contribution in [3.8, 4) is 17.6 Å². The highest BCUT2D eigenvalue weighted by molar-refractivity contribution is 9.10. The lowest BCUT2D eigenvalue weighted by molar-refractivity contribution is -0.118. The molecule has 1 amide bonds. The molecule has 1 aromatic rings. The monoisotopic (exact) mass is 295 g/mol. The van der Waals surface area contributed by atoms with Crippen LogP contribution in [0.2, 0.25) is 0 Å². The fourth-order valence-corrected chi connectivity index (χ4v) is 1.57. The molecule has 0 bridgehead atoms. The Morgan fingerprint density at radius 3 is 2.94 bits per heavy atom. The summed E-state index contributed by atoms with van der Waals surface area (Å²) in [5.74, 6) is 6.72. The zero-order valence-electron chi connectivity index (χ0n) is 9.84. The molecule has 3 nitrogen and oxygen atoms in total. The number of carbonyl (C=O) groups is 1. The Kier molecular flexibility index (Phi) is 5.58. The van der Waals surface area contributed by atoms with Gasteiger partial charge in [0.25, 0.3) is 0 Å². The van der Waals surface area contributed by atoms with Gasteiger partial charge in [0.05, 0.1) is 12.7 Å². The molecular weight excluding hydrogens is 282 g/mol. The van der Waals surface area contributed by atoms with E-state index in [1.54, 1.807) is 7.11 Å². The molecule has 4 heteroatoms. The maximum Gasteiger partial charge on any atom is 0.216 e. The molecule has 0 atom stereocenters. The molecule has 0 fully saturated rings. The molecule has 0 aliphatic carbocycles. The zero-order chi connectivity index (χ0) is 12.7. The first-order valence-corrected chi connectivity index (χ1v) is 5.99. The van der Waals surface area contributed by atoms with E-state index in [1.165, 1.54) is 6.92 Å². The minimum Gasteiger partial charge on any atom is -0.495 e. The number of carbonyl (C=O) groups excluding carboxylic acids is 1. The van der Waals surface area contributed by atoms with Crippen molar-refractivity contribution in [2.24, 2.45) is 0 Å². The molecule has 0 spiro atoms. The maximum atomic E-state index is 10.6. The molecule has 0 aromatic heterocycles. The minimum absolute atomic E-state index is 0.0342. The SMILES string of the molecule is COc1cc(Br)ccc1C#CCCNC(C)=O. The minimum atomic E-state index is -0.0342. The van der Waals surface area contributed by atoms with Crippen LogP contribution in [0.3, 0.4) is 0 Å². The first kappa shape index (κ1) is 13.6. The van der Waals surface area contributed by atoms with Crippen LogP contribution in [0.5, 0.6) is 5.75 Å². The molecule has 0 saturated carbocycles. The van der Waals surface area contributed by atoms with E-state index in [0.29, 0.717) is 13.0 Å². The molecule has 1 rings (SSSR count). The summed E-state index contributed by atoms with van der Waals surface area (Å²) in [5, 5.41) is 2.69. The van der Waals surface area contributed by atoms with Gasteiger partial charge in [-0.2, -0.15) is 0 Å². The Balaban J connectivity index is 2.62. The fraction of sp³-hybridized carbons (Fsp3) is 0.308. The summed E-state index contributed by atoms with van der Waals surface area (Å²) in [6.45, 7) is 2.06. The van der Waals surface area contributed by atoms with E-state index >= 15 is 0 Å². The van der Waals surface area contributed by atoms with Crippen LogP contribution in [0.1, 0.15) is 18.9 Å². The van der Waals surface area contributed by atoms with Gasteiger partial charge >= 0.3 is 0 Å². The maximum absolute atomic E-state index is 10.6. The van der Waals surface area contributed by atoms with Gasteiger partial charge in [-0.15, -0.1) is 0 Å². The van der Waals surface area contributed by atoms with Crippen molar-refractivity contribution in [2.75, 3.05) is 13.7 Å². The van der Waals surface area contributed by atoms with E-state index in [0.717, 1.165) is 15.8 Å². The van der Waals surface area contributed by atoms with Crippen LogP contribution in [0.4, 0.5) is 0 Å². The molecule has 0 heterocycles. The van der Waals surface area contributed by atoms with Crippen LogP contribution < -0.4 is 10.1 Å². The summed E-state index contributed by atoms with van der Waals surface area (Å²) in [7, 11) is 1.62. The molecule has 90 valence electrons. The van der Waals surface area contributed by atoms with Crippen LogP contribution in [-0.2, 0) is 4.79 Å². The molecule has 1 N–H and O–H groups in total. The summed E-state index contributed by atoms with van der Waals surface area (Å²) < 4.78 is 6.18. The van der Waals surface area contributed by atoms with Crippen LogP contribution in [0.15, 0.2) is 22.7 Å². The van der Waals surface area contributed by atoms with E-state index in [4.69, 9.17) is 4.74 Å². The number of methoxy groups -OCH3 is 1. The molecule has 0 radical (unpaired) electrons. The van der Waals surface area contributed by atoms with E-state index in [1.807, 2.05) is 18.2 Å². The van der Waals surface area contributed by atoms with Crippen LogP contribution >= 0.6 is 15.9 Å². The fourth-order valence-electron chi connectivity index (χ4n) is 1.23. The number of hydrogen-bond acceptors (Lipinski definition) is 2. The first-order chi connectivity index (χ1) is 8.13. The van der Waals surface area contributed by atoms with E-state index in [9.17, 15) is 4.79 Å². The van der Waals surface area contributed by atoms with Gasteiger partial charge in [-0.1, -0.05) is 27.8 Å². The lowest BCUT2D eigenvalue weighted by atomic mass is 10.2. The Morgan fingerprint density at radius 1 is 1.53 bits per heavy atom. The second kappa shape index (κ2) is 6.97. The molecule has 1 aromatic carbocycles. The van der Waals surface area contributed by atoms with E-state index in [-0.39, 0.29) is 5.91 Å². The van der Waals surface area contributed by atoms with Gasteiger partial charge in [0, 0.05) is 24.4 Å². The summed E-state index contributed by atoms with van der Waals surface area (Å²) in [6, 6.07) is 5.69. The van der Waals surface area contributed by atoms with E-state index in [2.05, 4.69) is 33.1 Å². The summed E-state index contributed by atoms with van der Waals surface area (Å²) in [5.41, 5.74) is 0.846. The molecular formula is C13H14BrNO2. The third-order valence-electron chi connectivity index (χ3n) is 2.01. The number of hydrogen-bond donors (Lipinski definition) is 1. The third-order valence-corrected chi connectivity index (χ3v) is 2.50. The predicted molar refractivity (Wildman–Crippen MR) is 70.9 cm³/mol. The number of rotatable bonds is 3. The average molecular weight is 296 g/mol. The smallest absolute Gasteiger partial charge is 0.216 e. The second-order valence-corrected chi connectivity index (χ2v) is 4.30. The topological polar surface area (TPSA) is 38.3 Å². The summed E-state index contributed by atoms with van der Waals surface area (Å²) in [6.07, 6.45) is 0.624. The lowest BCUT2D eigenvalue weighted by Crippen LogP contribution is -2.20. The zero-order valence-corrected chi connectivity index (χ0v) is 11.4. The standard InChI is InChI=1S/C13H14BrNO2/c1-10(16)15-8-4-3-5-11-6-7-12(14)9-13(11)17-2/h6-7,9H,4,8H2,1-2H3,(H,15,16). The largest absolute Gasteiger partial charge is 0.495 e. The Labute approximate surface area is 110 Å². The Morgan fingerprint density at radius 2 is 2.29 bits per heavy atom. The van der Waals surface area contributed by atoms with Gasteiger partial charge in [0.2, 0.25) is 5.91 Å². The van der Waals surface area contributed by atoms with Crippen molar-refractivity contribution >= 4 is 21.8 Å². The third kappa shape index (κ3) is 4.92. The van der Waals surface area contributed by atoms with Crippen molar-refractivity contribution in [3.63, 3.8) is 0 Å². The second-order valence-electron chi connectivity index (χ2n) is 3.38. The molecule has 0 aliphatic heterocycles. The van der Waals surface area contributed by atoms with Crippen LogP contribution in [0, 0.1) is 11.8 Å². The van der Waals surface area contributed by atoms with E-state index < -0.39 is 0 Å². The molecule has 0 aliphatic rings. The Hall–Kier alpha value is -1.47. The number of halogens is 1. The predicted octanol–water partition coefficient (Wildman–Crippen LogP) is 2.34. The molecule has 17 heavy (non-hydrogen) atoms. The first-order valence-electron chi connectivity index (χ1n) is 5.20. The number of benzene rings is 1. The van der Waals surface area contributed by atoms with Gasteiger partial charge in [0.1, 0.15) is 5.75 Å².